The van der Waals surface area contributed by atoms with Crippen molar-refractivity contribution in [1.29, 1.82) is 0 Å². The Labute approximate surface area is 135 Å². The van der Waals surface area contributed by atoms with Crippen molar-refractivity contribution in [3.8, 4) is 0 Å². The molecule has 0 spiro atoms. The molecule has 128 valence electrons. The van der Waals surface area contributed by atoms with Crippen LogP contribution in [0.1, 0.15) is 25.7 Å². The summed E-state index contributed by atoms with van der Waals surface area (Å²) in [6.45, 7) is 1.19. The van der Waals surface area contributed by atoms with Gasteiger partial charge in [0.05, 0.1) is 11.5 Å². The number of nitrogens with one attached hydrogen (secondary N) is 1. The number of hydrogen-bond donors (Lipinski definition) is 1. The van der Waals surface area contributed by atoms with E-state index in [0.717, 1.165) is 25.3 Å². The fourth-order valence-electron chi connectivity index (χ4n) is 2.25. The molecule has 1 aromatic carbocycles. The highest BCUT2D eigenvalue weighted by molar-refractivity contribution is 7.89. The smallest absolute Gasteiger partial charge is 0.289 e. The maximum Gasteiger partial charge on any atom is 0.289 e. The standard InChI is InChI=1S/C14H20N2O6S/c17-16(18)12-6-1-2-7-13(12)23(19,20)15-9-5-11-22-14-8-3-4-10-21-14/h1-2,6-7,14-15H,3-5,8-11H2. The second-order valence-electron chi connectivity index (χ2n) is 5.14. The number of rotatable bonds is 8. The Morgan fingerprint density at radius 1 is 1.35 bits per heavy atom. The molecular weight excluding hydrogens is 324 g/mol. The Kier molecular flexibility index (Phi) is 6.46. The molecule has 1 heterocycles. The highest BCUT2D eigenvalue weighted by atomic mass is 32.2. The van der Waals surface area contributed by atoms with E-state index in [-0.39, 0.29) is 17.7 Å². The Balaban J connectivity index is 1.81. The van der Waals surface area contributed by atoms with Gasteiger partial charge in [-0.2, -0.15) is 0 Å². The number of benzene rings is 1. The summed E-state index contributed by atoms with van der Waals surface area (Å²) in [5, 5.41) is 10.9. The van der Waals surface area contributed by atoms with Crippen molar-refractivity contribution in [3.63, 3.8) is 0 Å². The molecular formula is C14H20N2O6S. The molecule has 1 aromatic rings. The molecule has 23 heavy (non-hydrogen) atoms. The Hall–Kier alpha value is -1.55. The van der Waals surface area contributed by atoms with Crippen molar-refractivity contribution < 1.29 is 22.8 Å². The molecule has 0 bridgehead atoms. The quantitative estimate of drug-likeness (QED) is 0.438. The van der Waals surface area contributed by atoms with Gasteiger partial charge in [0.1, 0.15) is 0 Å². The zero-order valence-corrected chi connectivity index (χ0v) is 13.5. The monoisotopic (exact) mass is 344 g/mol. The molecule has 1 aliphatic heterocycles. The SMILES string of the molecule is O=[N+]([O-])c1ccccc1S(=O)(=O)NCCCOC1CCCCO1. The van der Waals surface area contributed by atoms with Crippen LogP contribution in [-0.2, 0) is 19.5 Å². The van der Waals surface area contributed by atoms with Crippen molar-refractivity contribution in [3.05, 3.63) is 34.4 Å². The van der Waals surface area contributed by atoms with E-state index in [9.17, 15) is 18.5 Å². The molecule has 0 radical (unpaired) electrons. The van der Waals surface area contributed by atoms with Crippen LogP contribution in [0.5, 0.6) is 0 Å². The van der Waals surface area contributed by atoms with Crippen LogP contribution >= 0.6 is 0 Å². The average molecular weight is 344 g/mol. The van der Waals surface area contributed by atoms with Gasteiger partial charge in [-0.05, 0) is 31.7 Å². The number of para-hydroxylation sites is 1. The van der Waals surface area contributed by atoms with E-state index in [1.54, 1.807) is 0 Å². The highest BCUT2D eigenvalue weighted by Crippen LogP contribution is 2.22. The molecule has 0 aliphatic carbocycles. The number of nitrogens with zero attached hydrogens (tertiary/aromatic N) is 1. The molecule has 1 unspecified atom stereocenters. The summed E-state index contributed by atoms with van der Waals surface area (Å²) < 4.78 is 37.5. The van der Waals surface area contributed by atoms with Gasteiger partial charge >= 0.3 is 0 Å². The predicted octanol–water partition coefficient (Wildman–Crippen LogP) is 1.81. The zero-order valence-electron chi connectivity index (χ0n) is 12.6. The van der Waals surface area contributed by atoms with Crippen LogP contribution < -0.4 is 4.72 Å². The zero-order chi connectivity index (χ0) is 16.7. The average Bonchev–Trinajstić information content (AvgIpc) is 2.55. The Morgan fingerprint density at radius 3 is 2.83 bits per heavy atom. The molecule has 9 heteroatoms. The number of nitro benzene ring substituents is 1. The van der Waals surface area contributed by atoms with E-state index in [1.807, 2.05) is 0 Å². The minimum atomic E-state index is -3.92. The first-order chi connectivity index (χ1) is 11.0. The van der Waals surface area contributed by atoms with Gasteiger partial charge in [-0.1, -0.05) is 12.1 Å². The number of hydrogen-bond acceptors (Lipinski definition) is 6. The maximum absolute atomic E-state index is 12.1. The first-order valence-electron chi connectivity index (χ1n) is 7.47. The van der Waals surface area contributed by atoms with E-state index in [4.69, 9.17) is 9.47 Å². The third kappa shape index (κ3) is 5.24. The van der Waals surface area contributed by atoms with Crippen LogP contribution in [0.4, 0.5) is 5.69 Å². The normalized spacial score (nSPS) is 18.7. The van der Waals surface area contributed by atoms with E-state index in [2.05, 4.69) is 4.72 Å². The topological polar surface area (TPSA) is 108 Å². The fraction of sp³-hybridized carbons (Fsp3) is 0.571. The molecule has 1 N–H and O–H groups in total. The lowest BCUT2D eigenvalue weighted by Gasteiger charge is -2.22. The van der Waals surface area contributed by atoms with Gasteiger partial charge in [-0.3, -0.25) is 10.1 Å². The Bertz CT molecular complexity index is 628. The summed E-state index contributed by atoms with van der Waals surface area (Å²) in [7, 11) is -3.92. The van der Waals surface area contributed by atoms with Gasteiger partial charge in [0.2, 0.25) is 10.0 Å². The predicted molar refractivity (Wildman–Crippen MR) is 82.4 cm³/mol. The lowest BCUT2D eigenvalue weighted by molar-refractivity contribution is -0.387. The summed E-state index contributed by atoms with van der Waals surface area (Å²) in [4.78, 5) is 9.86. The summed E-state index contributed by atoms with van der Waals surface area (Å²) in [6.07, 6.45) is 3.20. The van der Waals surface area contributed by atoms with Crippen LogP contribution in [0.3, 0.4) is 0 Å². The summed E-state index contributed by atoms with van der Waals surface area (Å²) in [6, 6.07) is 5.26. The van der Waals surface area contributed by atoms with Crippen molar-refractivity contribution in [2.75, 3.05) is 19.8 Å². The summed E-state index contributed by atoms with van der Waals surface area (Å²) in [5.41, 5.74) is -0.438. The second kappa shape index (κ2) is 8.34. The van der Waals surface area contributed by atoms with Gasteiger partial charge in [-0.15, -0.1) is 0 Å². The largest absolute Gasteiger partial charge is 0.353 e. The molecule has 2 rings (SSSR count). The molecule has 0 amide bonds. The van der Waals surface area contributed by atoms with Crippen LogP contribution in [0.15, 0.2) is 29.2 Å². The second-order valence-corrected chi connectivity index (χ2v) is 6.88. The van der Waals surface area contributed by atoms with Crippen LogP contribution in [-0.4, -0.2) is 39.4 Å². The summed E-state index contributed by atoms with van der Waals surface area (Å²) in [5.74, 6) is 0. The molecule has 1 fully saturated rings. The van der Waals surface area contributed by atoms with Crippen molar-refractivity contribution >= 4 is 15.7 Å². The van der Waals surface area contributed by atoms with Crippen molar-refractivity contribution in [1.82, 2.24) is 4.72 Å². The van der Waals surface area contributed by atoms with Crippen LogP contribution in [0, 0.1) is 10.1 Å². The summed E-state index contributed by atoms with van der Waals surface area (Å²) >= 11 is 0. The van der Waals surface area contributed by atoms with Gasteiger partial charge < -0.3 is 9.47 Å². The van der Waals surface area contributed by atoms with Crippen molar-refractivity contribution in [2.45, 2.75) is 36.9 Å². The van der Waals surface area contributed by atoms with Crippen LogP contribution in [0.2, 0.25) is 0 Å². The number of sulfonamides is 1. The minimum absolute atomic E-state index is 0.140. The first kappa shape index (κ1) is 17.8. The maximum atomic E-state index is 12.1. The molecule has 1 saturated heterocycles. The van der Waals surface area contributed by atoms with Crippen LogP contribution in [0.25, 0.3) is 0 Å². The van der Waals surface area contributed by atoms with E-state index in [1.165, 1.54) is 18.2 Å². The lowest BCUT2D eigenvalue weighted by atomic mass is 10.2. The third-order valence-corrected chi connectivity index (χ3v) is 4.91. The molecule has 1 aliphatic rings. The van der Waals surface area contributed by atoms with Gasteiger partial charge in [0.25, 0.3) is 5.69 Å². The third-order valence-electron chi connectivity index (χ3n) is 3.41. The van der Waals surface area contributed by atoms with E-state index >= 15 is 0 Å². The fourth-order valence-corrected chi connectivity index (χ4v) is 3.49. The van der Waals surface area contributed by atoms with Gasteiger partial charge in [0, 0.05) is 19.2 Å². The Morgan fingerprint density at radius 2 is 2.13 bits per heavy atom. The van der Waals surface area contributed by atoms with E-state index < -0.39 is 20.6 Å². The first-order valence-corrected chi connectivity index (χ1v) is 8.95. The van der Waals surface area contributed by atoms with E-state index in [0.29, 0.717) is 19.6 Å². The molecule has 0 aromatic heterocycles. The minimum Gasteiger partial charge on any atom is -0.353 e. The highest BCUT2D eigenvalue weighted by Gasteiger charge is 2.24. The van der Waals surface area contributed by atoms with Gasteiger partial charge in [0.15, 0.2) is 11.2 Å². The lowest BCUT2D eigenvalue weighted by Crippen LogP contribution is -2.27. The molecule has 0 saturated carbocycles. The molecule has 1 atom stereocenters. The van der Waals surface area contributed by atoms with Gasteiger partial charge in [-0.25, -0.2) is 13.1 Å². The molecule has 8 nitrogen and oxygen atoms in total. The van der Waals surface area contributed by atoms with Crippen molar-refractivity contribution in [2.24, 2.45) is 0 Å². The number of ether oxygens (including phenoxy) is 2. The number of nitro groups is 1.